The van der Waals surface area contributed by atoms with Gasteiger partial charge in [0.2, 0.25) is 0 Å². The molecular weight excluding hydrogens is 230 g/mol. The van der Waals surface area contributed by atoms with Gasteiger partial charge in [-0.3, -0.25) is 5.73 Å². The lowest BCUT2D eigenvalue weighted by Crippen LogP contribution is -2.28. The maximum atomic E-state index is 5.92. The molecule has 0 saturated carbocycles. The van der Waals surface area contributed by atoms with Gasteiger partial charge in [-0.1, -0.05) is 44.1 Å². The second-order valence-electron chi connectivity index (χ2n) is 4.71. The van der Waals surface area contributed by atoms with Crippen LogP contribution in [0.1, 0.15) is 58.8 Å². The molecule has 1 rings (SSSR count). The molecule has 0 atom stereocenters. The van der Waals surface area contributed by atoms with Gasteiger partial charge in [0.1, 0.15) is 6.54 Å². The molecule has 0 amide bonds. The topological polar surface area (TPSA) is 41.4 Å². The van der Waals surface area contributed by atoms with Gasteiger partial charge in [-0.15, -0.1) is 4.68 Å². The maximum Gasteiger partial charge on any atom is 0.329 e. The third-order valence-electron chi connectivity index (χ3n) is 2.95. The van der Waals surface area contributed by atoms with Crippen LogP contribution < -0.4 is 5.73 Å². The number of unbranched alkanes of at least 4 members (excludes halogenated alkanes) is 6. The largest absolute Gasteiger partial charge is 0.329 e. The Morgan fingerprint density at radius 1 is 1.18 bits per heavy atom. The van der Waals surface area contributed by atoms with Crippen molar-refractivity contribution in [2.24, 2.45) is 10.8 Å². The zero-order valence-corrected chi connectivity index (χ0v) is 12.1. The molecule has 0 aromatic heterocycles. The van der Waals surface area contributed by atoms with E-state index >= 15 is 0 Å². The van der Waals surface area contributed by atoms with Crippen molar-refractivity contribution >= 4 is 22.6 Å². The molecule has 0 unspecified atom stereocenters. The van der Waals surface area contributed by atoms with E-state index in [1.807, 2.05) is 4.68 Å². The number of nitrogens with two attached hydrogens (primary N) is 1. The lowest BCUT2D eigenvalue weighted by molar-refractivity contribution is -0.532. The molecule has 1 aliphatic rings. The van der Waals surface area contributed by atoms with Crippen molar-refractivity contribution in [1.82, 2.24) is 0 Å². The standard InChI is InChI=1S/C13H25N3S/c1-3-4-5-6-7-8-9-10-16-13(14)17-11-12(2)15-16/h14H,3-11H2,1-2H3/p+1. The first-order valence-corrected chi connectivity index (χ1v) is 7.79. The van der Waals surface area contributed by atoms with E-state index in [0.717, 1.165) is 17.5 Å². The van der Waals surface area contributed by atoms with Crippen LogP contribution in [0, 0.1) is 0 Å². The van der Waals surface area contributed by atoms with Crippen LogP contribution in [0.15, 0.2) is 5.10 Å². The summed E-state index contributed by atoms with van der Waals surface area (Å²) in [6.07, 6.45) is 9.32. The predicted octanol–water partition coefficient (Wildman–Crippen LogP) is 3.19. The van der Waals surface area contributed by atoms with Gasteiger partial charge in [-0.2, -0.15) is 0 Å². The molecule has 0 spiro atoms. The van der Waals surface area contributed by atoms with Gasteiger partial charge >= 0.3 is 5.17 Å². The molecule has 4 heteroatoms. The zero-order chi connectivity index (χ0) is 12.5. The van der Waals surface area contributed by atoms with Crippen LogP contribution in [0.2, 0.25) is 0 Å². The number of amidine groups is 1. The predicted molar refractivity (Wildman–Crippen MR) is 77.9 cm³/mol. The van der Waals surface area contributed by atoms with Crippen molar-refractivity contribution in [3.63, 3.8) is 0 Å². The quantitative estimate of drug-likeness (QED) is 0.535. The third-order valence-corrected chi connectivity index (χ3v) is 4.02. The van der Waals surface area contributed by atoms with Gasteiger partial charge in [0.15, 0.2) is 0 Å². The van der Waals surface area contributed by atoms with E-state index in [-0.39, 0.29) is 0 Å². The Kier molecular flexibility index (Phi) is 7.33. The smallest absolute Gasteiger partial charge is 0.280 e. The summed E-state index contributed by atoms with van der Waals surface area (Å²) in [5.74, 6) is 0.944. The van der Waals surface area contributed by atoms with Gasteiger partial charge in [0.25, 0.3) is 0 Å². The van der Waals surface area contributed by atoms with Crippen molar-refractivity contribution in [2.75, 3.05) is 12.3 Å². The Balaban J connectivity index is 2.10. The molecular formula is C13H26N3S+. The molecule has 0 bridgehead atoms. The summed E-state index contributed by atoms with van der Waals surface area (Å²) in [7, 11) is 0. The van der Waals surface area contributed by atoms with Gasteiger partial charge < -0.3 is 0 Å². The van der Waals surface area contributed by atoms with Crippen LogP contribution in [-0.2, 0) is 0 Å². The lowest BCUT2D eigenvalue weighted by atomic mass is 10.1. The maximum absolute atomic E-state index is 5.92. The molecule has 2 N–H and O–H groups in total. The SMILES string of the molecule is CCCCCCCCC[N+]1=C(N)SCC(C)=N1. The number of hydrogen-bond acceptors (Lipinski definition) is 3. The van der Waals surface area contributed by atoms with E-state index in [1.165, 1.54) is 50.7 Å². The third kappa shape index (κ3) is 6.10. The molecule has 0 aromatic carbocycles. The van der Waals surface area contributed by atoms with E-state index < -0.39 is 0 Å². The van der Waals surface area contributed by atoms with E-state index in [2.05, 4.69) is 18.9 Å². The minimum Gasteiger partial charge on any atom is -0.280 e. The fraction of sp³-hybridized carbons (Fsp3) is 0.846. The van der Waals surface area contributed by atoms with Crippen LogP contribution in [0.3, 0.4) is 0 Å². The number of hydrazone groups is 1. The Bertz CT molecular complexity index is 284. The first-order chi connectivity index (χ1) is 8.24. The van der Waals surface area contributed by atoms with E-state index in [0.29, 0.717) is 0 Å². The molecule has 1 aliphatic heterocycles. The Hall–Kier alpha value is -0.510. The first kappa shape index (κ1) is 14.6. The summed E-state index contributed by atoms with van der Waals surface area (Å²) >= 11 is 1.70. The van der Waals surface area contributed by atoms with Gasteiger partial charge in [-0.25, -0.2) is 0 Å². The zero-order valence-electron chi connectivity index (χ0n) is 11.2. The van der Waals surface area contributed by atoms with E-state index in [4.69, 9.17) is 5.73 Å². The number of rotatable bonds is 8. The Morgan fingerprint density at radius 2 is 1.82 bits per heavy atom. The van der Waals surface area contributed by atoms with Crippen molar-refractivity contribution in [3.05, 3.63) is 0 Å². The summed E-state index contributed by atoms with van der Waals surface area (Å²) in [6, 6.07) is 0. The molecule has 3 nitrogen and oxygen atoms in total. The molecule has 98 valence electrons. The van der Waals surface area contributed by atoms with Crippen LogP contribution in [0.5, 0.6) is 0 Å². The van der Waals surface area contributed by atoms with Gasteiger partial charge in [0.05, 0.1) is 5.71 Å². The highest BCUT2D eigenvalue weighted by Crippen LogP contribution is 2.10. The highest BCUT2D eigenvalue weighted by atomic mass is 32.2. The average molecular weight is 256 g/mol. The average Bonchev–Trinajstić information content (AvgIpc) is 2.32. The van der Waals surface area contributed by atoms with Crippen LogP contribution in [0.4, 0.5) is 0 Å². The fourth-order valence-corrected chi connectivity index (χ4v) is 2.61. The summed E-state index contributed by atoms with van der Waals surface area (Å²) in [6.45, 7) is 5.30. The van der Waals surface area contributed by atoms with E-state index in [9.17, 15) is 0 Å². The Morgan fingerprint density at radius 3 is 2.53 bits per heavy atom. The molecule has 17 heavy (non-hydrogen) atoms. The van der Waals surface area contributed by atoms with Crippen molar-refractivity contribution in [2.45, 2.75) is 58.8 Å². The molecule has 0 aromatic rings. The summed E-state index contributed by atoms with van der Waals surface area (Å²) in [4.78, 5) is 0. The van der Waals surface area contributed by atoms with Gasteiger partial charge in [0, 0.05) is 5.75 Å². The molecule has 1 heterocycles. The molecule has 0 aliphatic carbocycles. The highest BCUT2D eigenvalue weighted by molar-refractivity contribution is 8.14. The molecule has 0 radical (unpaired) electrons. The minimum absolute atomic E-state index is 0.863. The highest BCUT2D eigenvalue weighted by Gasteiger charge is 2.15. The molecule has 0 fully saturated rings. The minimum atomic E-state index is 0.863. The monoisotopic (exact) mass is 256 g/mol. The Labute approximate surface area is 110 Å². The lowest BCUT2D eigenvalue weighted by Gasteiger charge is -2.09. The normalized spacial score (nSPS) is 16.2. The second kappa shape index (κ2) is 8.56. The van der Waals surface area contributed by atoms with Crippen LogP contribution in [0.25, 0.3) is 0 Å². The molecule has 0 saturated heterocycles. The van der Waals surface area contributed by atoms with E-state index in [1.54, 1.807) is 11.8 Å². The van der Waals surface area contributed by atoms with Crippen LogP contribution >= 0.6 is 11.8 Å². The van der Waals surface area contributed by atoms with Crippen LogP contribution in [-0.4, -0.2) is 27.9 Å². The van der Waals surface area contributed by atoms with Crippen molar-refractivity contribution in [1.29, 1.82) is 0 Å². The van der Waals surface area contributed by atoms with Crippen molar-refractivity contribution in [3.8, 4) is 0 Å². The summed E-state index contributed by atoms with van der Waals surface area (Å²) < 4.78 is 1.97. The number of hydrogen-bond donors (Lipinski definition) is 1. The number of nitrogens with zero attached hydrogens (tertiary/aromatic N) is 2. The second-order valence-corrected chi connectivity index (χ2v) is 5.70. The summed E-state index contributed by atoms with van der Waals surface area (Å²) in [5.41, 5.74) is 7.09. The van der Waals surface area contributed by atoms with Gasteiger partial charge in [-0.05, 0) is 31.5 Å². The number of thioether (sulfide) groups is 1. The van der Waals surface area contributed by atoms with Crippen molar-refractivity contribution < 1.29 is 4.68 Å². The fourth-order valence-electron chi connectivity index (χ4n) is 1.92. The first-order valence-electron chi connectivity index (χ1n) is 6.81. The summed E-state index contributed by atoms with van der Waals surface area (Å²) in [5, 5.41) is 5.34.